The second kappa shape index (κ2) is 7.08. The van der Waals surface area contributed by atoms with Gasteiger partial charge in [0.2, 0.25) is 0 Å². The van der Waals surface area contributed by atoms with Crippen LogP contribution in [0.1, 0.15) is 25.0 Å². The van der Waals surface area contributed by atoms with E-state index >= 15 is 0 Å². The van der Waals surface area contributed by atoms with Crippen molar-refractivity contribution in [3.05, 3.63) is 119 Å². The zero-order valence-electron chi connectivity index (χ0n) is 18.2. The summed E-state index contributed by atoms with van der Waals surface area (Å²) in [6, 6.07) is 36.8. The Morgan fingerprint density at radius 3 is 1.97 bits per heavy atom. The maximum atomic E-state index is 6.98. The molecule has 0 aromatic heterocycles. The average Bonchev–Trinajstić information content (AvgIpc) is 3.08. The van der Waals surface area contributed by atoms with Gasteiger partial charge in [0.15, 0.2) is 0 Å². The van der Waals surface area contributed by atoms with Crippen molar-refractivity contribution in [3.63, 3.8) is 0 Å². The van der Waals surface area contributed by atoms with E-state index in [0.29, 0.717) is 0 Å². The van der Waals surface area contributed by atoms with Crippen LogP contribution >= 0.6 is 11.6 Å². The molecule has 0 saturated carbocycles. The molecule has 0 spiro atoms. The van der Waals surface area contributed by atoms with Crippen molar-refractivity contribution in [2.75, 3.05) is 0 Å². The third-order valence-corrected chi connectivity index (χ3v) is 7.37. The molecule has 5 aromatic carbocycles. The Morgan fingerprint density at radius 1 is 0.531 bits per heavy atom. The molecular weight excluding hydrogens is 408 g/mol. The summed E-state index contributed by atoms with van der Waals surface area (Å²) in [5.74, 6) is 0. The van der Waals surface area contributed by atoms with Gasteiger partial charge in [-0.3, -0.25) is 0 Å². The summed E-state index contributed by atoms with van der Waals surface area (Å²) < 4.78 is 0. The highest BCUT2D eigenvalue weighted by molar-refractivity contribution is 6.39. The SMILES string of the molecule is CC1(C)c2ccccc2-c2c(-c3cc(-c4ccccc4)c(Cl)c4ccccc34)cccc21. The molecule has 0 aliphatic heterocycles. The van der Waals surface area contributed by atoms with Gasteiger partial charge in [-0.05, 0) is 50.4 Å². The van der Waals surface area contributed by atoms with Crippen molar-refractivity contribution in [2.45, 2.75) is 19.3 Å². The summed E-state index contributed by atoms with van der Waals surface area (Å²) in [6.07, 6.45) is 0. The Labute approximate surface area is 194 Å². The second-order valence-electron chi connectivity index (χ2n) is 9.10. The van der Waals surface area contributed by atoms with Gasteiger partial charge in [0.25, 0.3) is 0 Å². The van der Waals surface area contributed by atoms with Gasteiger partial charge in [0.1, 0.15) is 0 Å². The lowest BCUT2D eigenvalue weighted by molar-refractivity contribution is 0.660. The molecule has 154 valence electrons. The molecule has 32 heavy (non-hydrogen) atoms. The second-order valence-corrected chi connectivity index (χ2v) is 9.47. The number of benzene rings is 5. The molecule has 5 aromatic rings. The van der Waals surface area contributed by atoms with Crippen molar-refractivity contribution in [1.82, 2.24) is 0 Å². The van der Waals surface area contributed by atoms with Gasteiger partial charge in [-0.1, -0.05) is 123 Å². The van der Waals surface area contributed by atoms with Gasteiger partial charge in [-0.25, -0.2) is 0 Å². The Morgan fingerprint density at radius 2 is 1.16 bits per heavy atom. The molecule has 6 rings (SSSR count). The number of fused-ring (bicyclic) bond motifs is 4. The molecule has 0 fully saturated rings. The lowest BCUT2D eigenvalue weighted by Gasteiger charge is -2.22. The Kier molecular flexibility index (Phi) is 4.28. The molecule has 0 unspecified atom stereocenters. The van der Waals surface area contributed by atoms with E-state index in [4.69, 9.17) is 11.6 Å². The van der Waals surface area contributed by atoms with Crippen LogP contribution in [0.25, 0.3) is 44.2 Å². The van der Waals surface area contributed by atoms with E-state index in [0.717, 1.165) is 21.5 Å². The molecule has 0 atom stereocenters. The van der Waals surface area contributed by atoms with Crippen LogP contribution in [0.15, 0.2) is 103 Å². The standard InChI is InChI=1S/C31H23Cl/c1-31(2)27-17-9-8-15-24(27)29-22(16-10-18-28(29)31)26-19-25(20-11-4-3-5-12-20)30(32)23-14-7-6-13-21(23)26/h3-19H,1-2H3. The van der Waals surface area contributed by atoms with Gasteiger partial charge < -0.3 is 0 Å². The molecule has 0 radical (unpaired) electrons. The quantitative estimate of drug-likeness (QED) is 0.262. The van der Waals surface area contributed by atoms with Crippen LogP contribution < -0.4 is 0 Å². The van der Waals surface area contributed by atoms with Gasteiger partial charge in [0.05, 0.1) is 5.02 Å². The van der Waals surface area contributed by atoms with E-state index in [1.807, 2.05) is 6.07 Å². The largest absolute Gasteiger partial charge is 0.0830 e. The van der Waals surface area contributed by atoms with Crippen molar-refractivity contribution < 1.29 is 0 Å². The molecule has 0 heterocycles. The molecule has 1 heteroatoms. The Bertz CT molecular complexity index is 1490. The van der Waals surface area contributed by atoms with E-state index in [1.165, 1.54) is 38.8 Å². The first-order valence-electron chi connectivity index (χ1n) is 11.1. The third kappa shape index (κ3) is 2.70. The zero-order valence-corrected chi connectivity index (χ0v) is 18.9. The smallest absolute Gasteiger partial charge is 0.0563 e. The van der Waals surface area contributed by atoms with Crippen molar-refractivity contribution >= 4 is 22.4 Å². The normalized spacial score (nSPS) is 13.7. The Hall–Kier alpha value is -3.35. The summed E-state index contributed by atoms with van der Waals surface area (Å²) in [5, 5.41) is 3.09. The summed E-state index contributed by atoms with van der Waals surface area (Å²) in [5.41, 5.74) is 10.1. The van der Waals surface area contributed by atoms with Crippen LogP contribution in [-0.2, 0) is 5.41 Å². The minimum Gasteiger partial charge on any atom is -0.0830 e. The topological polar surface area (TPSA) is 0 Å². The summed E-state index contributed by atoms with van der Waals surface area (Å²) in [4.78, 5) is 0. The fourth-order valence-electron chi connectivity index (χ4n) is 5.37. The van der Waals surface area contributed by atoms with Crippen LogP contribution in [0.5, 0.6) is 0 Å². The maximum Gasteiger partial charge on any atom is 0.0563 e. The molecular formula is C31H23Cl. The van der Waals surface area contributed by atoms with E-state index in [1.54, 1.807) is 0 Å². The molecule has 0 N–H and O–H groups in total. The first-order chi connectivity index (χ1) is 15.6. The minimum absolute atomic E-state index is 0.0214. The summed E-state index contributed by atoms with van der Waals surface area (Å²) in [7, 11) is 0. The summed E-state index contributed by atoms with van der Waals surface area (Å²) in [6.45, 7) is 4.66. The first kappa shape index (κ1) is 19.3. The van der Waals surface area contributed by atoms with Gasteiger partial charge in [0, 0.05) is 16.4 Å². The number of rotatable bonds is 2. The third-order valence-electron chi connectivity index (χ3n) is 6.96. The fraction of sp³-hybridized carbons (Fsp3) is 0.0968. The monoisotopic (exact) mass is 430 g/mol. The molecule has 0 bridgehead atoms. The highest BCUT2D eigenvalue weighted by atomic mass is 35.5. The molecule has 0 amide bonds. The molecule has 0 saturated heterocycles. The van der Waals surface area contributed by atoms with E-state index in [9.17, 15) is 0 Å². The van der Waals surface area contributed by atoms with Gasteiger partial charge in [-0.2, -0.15) is 0 Å². The van der Waals surface area contributed by atoms with Crippen molar-refractivity contribution in [3.8, 4) is 33.4 Å². The van der Waals surface area contributed by atoms with Crippen molar-refractivity contribution in [2.24, 2.45) is 0 Å². The summed E-state index contributed by atoms with van der Waals surface area (Å²) >= 11 is 6.98. The van der Waals surface area contributed by atoms with Crippen LogP contribution in [0.3, 0.4) is 0 Å². The van der Waals surface area contributed by atoms with Crippen LogP contribution in [0.4, 0.5) is 0 Å². The average molecular weight is 431 g/mol. The van der Waals surface area contributed by atoms with Crippen molar-refractivity contribution in [1.29, 1.82) is 0 Å². The molecule has 1 aliphatic rings. The minimum atomic E-state index is -0.0214. The van der Waals surface area contributed by atoms with Gasteiger partial charge >= 0.3 is 0 Å². The fourth-order valence-corrected chi connectivity index (χ4v) is 5.70. The van der Waals surface area contributed by atoms with E-state index < -0.39 is 0 Å². The van der Waals surface area contributed by atoms with Crippen LogP contribution in [-0.4, -0.2) is 0 Å². The predicted octanol–water partition coefficient (Wildman–Crippen LogP) is 9.13. The van der Waals surface area contributed by atoms with Gasteiger partial charge in [-0.15, -0.1) is 0 Å². The number of hydrogen-bond acceptors (Lipinski definition) is 0. The predicted molar refractivity (Wildman–Crippen MR) is 137 cm³/mol. The van der Waals surface area contributed by atoms with Crippen LogP contribution in [0.2, 0.25) is 5.02 Å². The highest BCUT2D eigenvalue weighted by Gasteiger charge is 2.36. The van der Waals surface area contributed by atoms with E-state index in [2.05, 4.69) is 111 Å². The first-order valence-corrected chi connectivity index (χ1v) is 11.5. The number of hydrogen-bond donors (Lipinski definition) is 0. The highest BCUT2D eigenvalue weighted by Crippen LogP contribution is 2.53. The lowest BCUT2D eigenvalue weighted by Crippen LogP contribution is -2.14. The Balaban J connectivity index is 1.73. The number of halogens is 1. The zero-order chi connectivity index (χ0) is 21.9. The molecule has 1 aliphatic carbocycles. The lowest BCUT2D eigenvalue weighted by atomic mass is 9.81. The van der Waals surface area contributed by atoms with Crippen LogP contribution in [0, 0.1) is 0 Å². The van der Waals surface area contributed by atoms with E-state index in [-0.39, 0.29) is 5.41 Å². The maximum absolute atomic E-state index is 6.98. The molecule has 0 nitrogen and oxygen atoms in total.